The van der Waals surface area contributed by atoms with Crippen LogP contribution in [0.5, 0.6) is 17.2 Å². The number of hydrogen-bond acceptors (Lipinski definition) is 4. The zero-order chi connectivity index (χ0) is 16.7. The largest absolute Gasteiger partial charge is 0.494 e. The molecule has 0 amide bonds. The molecule has 1 unspecified atom stereocenters. The summed E-state index contributed by atoms with van der Waals surface area (Å²) in [6.45, 7) is 2.52. The number of hydrogen-bond donors (Lipinski definition) is 0. The van der Waals surface area contributed by atoms with Gasteiger partial charge in [0.2, 0.25) is 0 Å². The predicted molar refractivity (Wildman–Crippen MR) is 89.2 cm³/mol. The highest BCUT2D eigenvalue weighted by atomic mass is 16.5. The predicted octanol–water partition coefficient (Wildman–Crippen LogP) is 4.09. The molecule has 0 spiro atoms. The van der Waals surface area contributed by atoms with Gasteiger partial charge in [-0.1, -0.05) is 23.8 Å². The first-order valence-electron chi connectivity index (χ1n) is 7.49. The molecule has 4 heteroatoms. The zero-order valence-electron chi connectivity index (χ0n) is 13.7. The summed E-state index contributed by atoms with van der Waals surface area (Å²) in [7, 11) is 3.18. The second kappa shape index (κ2) is 8.09. The Morgan fingerprint density at radius 1 is 1.00 bits per heavy atom. The normalized spacial score (nSPS) is 11.4. The fraction of sp³-hybridized carbons (Fsp3) is 0.316. The van der Waals surface area contributed by atoms with Crippen molar-refractivity contribution in [1.29, 1.82) is 5.26 Å². The Hall–Kier alpha value is -2.67. The van der Waals surface area contributed by atoms with E-state index in [1.54, 1.807) is 14.2 Å². The standard InChI is InChI=1S/C19H21NO3/c1-14-4-7-17(8-5-14)23-11-10-16(13-20)15-6-9-18(21-2)19(12-15)22-3/h4-9,12,16H,10-11H2,1-3H3. The van der Waals surface area contributed by atoms with Crippen LogP contribution in [0.2, 0.25) is 0 Å². The lowest BCUT2D eigenvalue weighted by atomic mass is 9.97. The third-order valence-corrected chi connectivity index (χ3v) is 3.66. The summed E-state index contributed by atoms with van der Waals surface area (Å²) in [6, 6.07) is 15.8. The van der Waals surface area contributed by atoms with E-state index in [0.717, 1.165) is 11.3 Å². The molecule has 2 aromatic rings. The summed E-state index contributed by atoms with van der Waals surface area (Å²) in [6.07, 6.45) is 0.611. The number of rotatable bonds is 7. The fourth-order valence-electron chi connectivity index (χ4n) is 2.30. The monoisotopic (exact) mass is 311 g/mol. The summed E-state index contributed by atoms with van der Waals surface area (Å²) >= 11 is 0. The van der Waals surface area contributed by atoms with Gasteiger partial charge in [-0.2, -0.15) is 5.26 Å². The van der Waals surface area contributed by atoms with Crippen molar-refractivity contribution >= 4 is 0 Å². The van der Waals surface area contributed by atoms with Gasteiger partial charge in [-0.15, -0.1) is 0 Å². The Bertz CT molecular complexity index is 674. The Morgan fingerprint density at radius 3 is 2.30 bits per heavy atom. The van der Waals surface area contributed by atoms with Gasteiger partial charge in [0.1, 0.15) is 5.75 Å². The van der Waals surface area contributed by atoms with E-state index < -0.39 is 0 Å². The van der Waals surface area contributed by atoms with E-state index in [0.29, 0.717) is 24.5 Å². The molecule has 0 aromatic heterocycles. The van der Waals surface area contributed by atoms with Crippen molar-refractivity contribution in [3.05, 3.63) is 53.6 Å². The molecule has 1 atom stereocenters. The Morgan fingerprint density at radius 2 is 1.70 bits per heavy atom. The van der Waals surface area contributed by atoms with Gasteiger partial charge in [0.25, 0.3) is 0 Å². The van der Waals surface area contributed by atoms with Gasteiger partial charge in [-0.3, -0.25) is 0 Å². The summed E-state index contributed by atoms with van der Waals surface area (Å²) < 4.78 is 16.2. The number of aryl methyl sites for hydroxylation is 1. The SMILES string of the molecule is COc1ccc(C(C#N)CCOc2ccc(C)cc2)cc1OC. The summed E-state index contributed by atoms with van der Waals surface area (Å²) in [4.78, 5) is 0. The van der Waals surface area contributed by atoms with Crippen molar-refractivity contribution in [3.63, 3.8) is 0 Å². The summed E-state index contributed by atoms with van der Waals surface area (Å²) in [5, 5.41) is 9.43. The second-order valence-corrected chi connectivity index (χ2v) is 5.25. The quantitative estimate of drug-likeness (QED) is 0.773. The molecule has 0 fully saturated rings. The van der Waals surface area contributed by atoms with Crippen molar-refractivity contribution in [3.8, 4) is 23.3 Å². The van der Waals surface area contributed by atoms with Crippen LogP contribution in [0.25, 0.3) is 0 Å². The summed E-state index contributed by atoms with van der Waals surface area (Å²) in [5.74, 6) is 1.86. The van der Waals surface area contributed by atoms with Gasteiger partial charge < -0.3 is 14.2 Å². The van der Waals surface area contributed by atoms with Gasteiger partial charge in [0, 0.05) is 6.42 Å². The smallest absolute Gasteiger partial charge is 0.161 e. The van der Waals surface area contributed by atoms with Crippen molar-refractivity contribution in [1.82, 2.24) is 0 Å². The Labute approximate surface area is 137 Å². The summed E-state index contributed by atoms with van der Waals surface area (Å²) in [5.41, 5.74) is 2.09. The van der Waals surface area contributed by atoms with E-state index in [1.807, 2.05) is 49.4 Å². The van der Waals surface area contributed by atoms with Crippen LogP contribution in [0.3, 0.4) is 0 Å². The molecule has 0 saturated carbocycles. The molecule has 0 radical (unpaired) electrons. The van der Waals surface area contributed by atoms with Crippen LogP contribution < -0.4 is 14.2 Å². The van der Waals surface area contributed by atoms with Crippen molar-refractivity contribution < 1.29 is 14.2 Å². The van der Waals surface area contributed by atoms with Crippen LogP contribution in [-0.4, -0.2) is 20.8 Å². The third kappa shape index (κ3) is 4.40. The minimum atomic E-state index is -0.250. The second-order valence-electron chi connectivity index (χ2n) is 5.25. The molecule has 0 heterocycles. The van der Waals surface area contributed by atoms with E-state index in [-0.39, 0.29) is 5.92 Å². The van der Waals surface area contributed by atoms with Crippen LogP contribution in [0, 0.1) is 18.3 Å². The lowest BCUT2D eigenvalue weighted by Crippen LogP contribution is -2.05. The highest BCUT2D eigenvalue weighted by Gasteiger charge is 2.14. The molecule has 0 saturated heterocycles. The molecule has 23 heavy (non-hydrogen) atoms. The molecular formula is C19H21NO3. The van der Waals surface area contributed by atoms with Gasteiger partial charge in [0.05, 0.1) is 32.8 Å². The van der Waals surface area contributed by atoms with E-state index in [9.17, 15) is 5.26 Å². The molecule has 0 aliphatic carbocycles. The fourth-order valence-corrected chi connectivity index (χ4v) is 2.30. The topological polar surface area (TPSA) is 51.5 Å². The number of methoxy groups -OCH3 is 2. The van der Waals surface area contributed by atoms with Crippen molar-refractivity contribution in [2.24, 2.45) is 0 Å². The maximum atomic E-state index is 9.43. The molecule has 0 N–H and O–H groups in total. The molecule has 0 bridgehead atoms. The number of ether oxygens (including phenoxy) is 3. The van der Waals surface area contributed by atoms with Crippen LogP contribution in [-0.2, 0) is 0 Å². The maximum Gasteiger partial charge on any atom is 0.161 e. The Kier molecular flexibility index (Phi) is 5.87. The maximum absolute atomic E-state index is 9.43. The van der Waals surface area contributed by atoms with E-state index in [2.05, 4.69) is 6.07 Å². The molecular weight excluding hydrogens is 290 g/mol. The van der Waals surface area contributed by atoms with Crippen LogP contribution in [0.1, 0.15) is 23.5 Å². The molecule has 2 rings (SSSR count). The van der Waals surface area contributed by atoms with Gasteiger partial charge in [-0.05, 0) is 36.8 Å². The average Bonchev–Trinajstić information content (AvgIpc) is 2.59. The molecule has 2 aromatic carbocycles. The average molecular weight is 311 g/mol. The van der Waals surface area contributed by atoms with Crippen LogP contribution >= 0.6 is 0 Å². The number of nitrogens with zero attached hydrogens (tertiary/aromatic N) is 1. The van der Waals surface area contributed by atoms with Gasteiger partial charge >= 0.3 is 0 Å². The third-order valence-electron chi connectivity index (χ3n) is 3.66. The minimum absolute atomic E-state index is 0.250. The lowest BCUT2D eigenvalue weighted by Gasteiger charge is -2.14. The first-order chi connectivity index (χ1) is 11.2. The van der Waals surface area contributed by atoms with E-state index in [4.69, 9.17) is 14.2 Å². The van der Waals surface area contributed by atoms with E-state index in [1.165, 1.54) is 5.56 Å². The molecule has 0 aliphatic rings. The first-order valence-corrected chi connectivity index (χ1v) is 7.49. The highest BCUT2D eigenvalue weighted by molar-refractivity contribution is 5.45. The zero-order valence-corrected chi connectivity index (χ0v) is 13.7. The molecule has 4 nitrogen and oxygen atoms in total. The van der Waals surface area contributed by atoms with Gasteiger partial charge in [0.15, 0.2) is 11.5 Å². The Balaban J connectivity index is 2.00. The highest BCUT2D eigenvalue weighted by Crippen LogP contribution is 2.31. The lowest BCUT2D eigenvalue weighted by molar-refractivity contribution is 0.305. The first kappa shape index (κ1) is 16.7. The van der Waals surface area contributed by atoms with Crippen molar-refractivity contribution in [2.75, 3.05) is 20.8 Å². The van der Waals surface area contributed by atoms with Crippen molar-refractivity contribution in [2.45, 2.75) is 19.3 Å². The molecule has 0 aliphatic heterocycles. The minimum Gasteiger partial charge on any atom is -0.494 e. The number of benzene rings is 2. The number of nitriles is 1. The van der Waals surface area contributed by atoms with Gasteiger partial charge in [-0.25, -0.2) is 0 Å². The van der Waals surface area contributed by atoms with E-state index >= 15 is 0 Å². The van der Waals surface area contributed by atoms with Crippen LogP contribution in [0.4, 0.5) is 0 Å². The molecule has 120 valence electrons. The van der Waals surface area contributed by atoms with Crippen LogP contribution in [0.15, 0.2) is 42.5 Å².